The van der Waals surface area contributed by atoms with E-state index in [0.717, 1.165) is 32.1 Å². The van der Waals surface area contributed by atoms with Gasteiger partial charge in [-0.25, -0.2) is 8.42 Å². The van der Waals surface area contributed by atoms with Gasteiger partial charge >= 0.3 is 5.97 Å². The molecule has 1 heterocycles. The highest BCUT2D eigenvalue weighted by Crippen LogP contribution is 2.33. The topological polar surface area (TPSA) is 102 Å². The molecule has 1 saturated heterocycles. The van der Waals surface area contributed by atoms with Gasteiger partial charge in [-0.15, -0.1) is 0 Å². The molecule has 3 rings (SSSR count). The first-order valence-corrected chi connectivity index (χ1v) is 13.4. The van der Waals surface area contributed by atoms with Gasteiger partial charge in [0.25, 0.3) is 0 Å². The molecule has 10 heteroatoms. The number of sulfonamides is 1. The van der Waals surface area contributed by atoms with Crippen LogP contribution in [0.5, 0.6) is 11.5 Å². The van der Waals surface area contributed by atoms with Crippen LogP contribution in [0.4, 0.5) is 0 Å². The fourth-order valence-corrected chi connectivity index (χ4v) is 6.40. The zero-order valence-electron chi connectivity index (χ0n) is 20.3. The van der Waals surface area contributed by atoms with Gasteiger partial charge in [0.15, 0.2) is 11.5 Å². The SMILES string of the molecule is CCOC(=O)C1CCN(C(=O)CN(C2CCCCC2)S(=O)(=O)c2ccc(OC)c(OC)c2)CC1. The minimum Gasteiger partial charge on any atom is -0.493 e. The Morgan fingerprint density at radius 1 is 1.00 bits per heavy atom. The van der Waals surface area contributed by atoms with E-state index in [1.807, 2.05) is 0 Å². The molecule has 1 aliphatic heterocycles. The number of hydrogen-bond donors (Lipinski definition) is 0. The average Bonchev–Trinajstić information content (AvgIpc) is 2.87. The van der Waals surface area contributed by atoms with Gasteiger partial charge in [0, 0.05) is 25.2 Å². The van der Waals surface area contributed by atoms with Gasteiger partial charge in [0.2, 0.25) is 15.9 Å². The minimum absolute atomic E-state index is 0.0737. The lowest BCUT2D eigenvalue weighted by molar-refractivity contribution is -0.151. The van der Waals surface area contributed by atoms with Crippen molar-refractivity contribution in [3.05, 3.63) is 18.2 Å². The van der Waals surface area contributed by atoms with E-state index in [9.17, 15) is 18.0 Å². The number of ether oxygens (including phenoxy) is 3. The van der Waals surface area contributed by atoms with Gasteiger partial charge in [0.1, 0.15) is 0 Å². The standard InChI is InChI=1S/C24H36N2O7S/c1-4-33-24(28)18-12-14-25(15-13-18)23(27)17-26(19-8-6-5-7-9-19)34(29,30)20-10-11-21(31-2)22(16-20)32-3/h10-11,16,18-19H,4-9,12-15,17H2,1-3H3. The van der Waals surface area contributed by atoms with Crippen molar-refractivity contribution < 1.29 is 32.2 Å². The van der Waals surface area contributed by atoms with E-state index in [1.165, 1.54) is 30.7 Å². The third kappa shape index (κ3) is 6.02. The smallest absolute Gasteiger partial charge is 0.309 e. The number of nitrogens with zero attached hydrogens (tertiary/aromatic N) is 2. The number of hydrogen-bond acceptors (Lipinski definition) is 7. The molecule has 1 aromatic carbocycles. The van der Waals surface area contributed by atoms with Crippen LogP contribution in [0, 0.1) is 5.92 Å². The zero-order chi connectivity index (χ0) is 24.7. The molecule has 190 valence electrons. The van der Waals surface area contributed by atoms with Crippen molar-refractivity contribution in [3.63, 3.8) is 0 Å². The molecular formula is C24H36N2O7S. The highest BCUT2D eigenvalue weighted by atomic mass is 32.2. The van der Waals surface area contributed by atoms with Crippen molar-refractivity contribution >= 4 is 21.9 Å². The highest BCUT2D eigenvalue weighted by molar-refractivity contribution is 7.89. The molecule has 0 bridgehead atoms. The van der Waals surface area contributed by atoms with Gasteiger partial charge in [0.05, 0.1) is 38.2 Å². The second-order valence-corrected chi connectivity index (χ2v) is 10.7. The first-order chi connectivity index (χ1) is 16.3. The molecule has 0 radical (unpaired) electrons. The number of rotatable bonds is 9. The van der Waals surface area contributed by atoms with Gasteiger partial charge in [-0.2, -0.15) is 4.31 Å². The summed E-state index contributed by atoms with van der Waals surface area (Å²) in [6, 6.07) is 4.27. The minimum atomic E-state index is -3.95. The quantitative estimate of drug-likeness (QED) is 0.485. The molecule has 1 aliphatic carbocycles. The average molecular weight is 497 g/mol. The highest BCUT2D eigenvalue weighted by Gasteiger charge is 2.36. The summed E-state index contributed by atoms with van der Waals surface area (Å²) in [5.74, 6) is 0.0751. The molecule has 0 spiro atoms. The maximum Gasteiger partial charge on any atom is 0.309 e. The Hall–Kier alpha value is -2.33. The van der Waals surface area contributed by atoms with E-state index in [4.69, 9.17) is 14.2 Å². The van der Waals surface area contributed by atoms with Crippen LogP contribution >= 0.6 is 0 Å². The number of esters is 1. The molecule has 1 amide bonds. The van der Waals surface area contributed by atoms with Crippen LogP contribution in [-0.4, -0.2) is 76.0 Å². The molecule has 0 aromatic heterocycles. The van der Waals surface area contributed by atoms with E-state index in [-0.39, 0.29) is 35.3 Å². The molecule has 2 aliphatic rings. The third-order valence-electron chi connectivity index (χ3n) is 6.70. The second-order valence-electron chi connectivity index (χ2n) is 8.77. The number of carbonyl (C=O) groups excluding carboxylic acids is 2. The fourth-order valence-electron chi connectivity index (χ4n) is 4.75. The van der Waals surface area contributed by atoms with Crippen molar-refractivity contribution in [1.29, 1.82) is 0 Å². The summed E-state index contributed by atoms with van der Waals surface area (Å²) in [6.07, 6.45) is 5.43. The number of carbonyl (C=O) groups is 2. The van der Waals surface area contributed by atoms with Crippen molar-refractivity contribution in [1.82, 2.24) is 9.21 Å². The van der Waals surface area contributed by atoms with Crippen molar-refractivity contribution in [2.45, 2.75) is 62.8 Å². The summed E-state index contributed by atoms with van der Waals surface area (Å²) >= 11 is 0. The Kier molecular flexibility index (Phi) is 9.18. The van der Waals surface area contributed by atoms with Crippen molar-refractivity contribution in [2.75, 3.05) is 40.5 Å². The van der Waals surface area contributed by atoms with Gasteiger partial charge < -0.3 is 19.1 Å². The summed E-state index contributed by atoms with van der Waals surface area (Å²) in [7, 11) is -1.00. The maximum atomic E-state index is 13.7. The van der Waals surface area contributed by atoms with Crippen LogP contribution in [0.15, 0.2) is 23.1 Å². The molecule has 0 atom stereocenters. The Bertz CT molecular complexity index is 952. The van der Waals surface area contributed by atoms with Crippen molar-refractivity contribution in [2.24, 2.45) is 5.92 Å². The number of piperidine rings is 1. The molecule has 0 N–H and O–H groups in total. The van der Waals surface area contributed by atoms with Crippen LogP contribution in [0.3, 0.4) is 0 Å². The summed E-state index contributed by atoms with van der Waals surface area (Å²) in [4.78, 5) is 27.0. The first-order valence-electron chi connectivity index (χ1n) is 12.0. The Morgan fingerprint density at radius 2 is 1.65 bits per heavy atom. The van der Waals surface area contributed by atoms with Gasteiger partial charge in [-0.1, -0.05) is 19.3 Å². The molecular weight excluding hydrogens is 460 g/mol. The lowest BCUT2D eigenvalue weighted by Crippen LogP contribution is -2.50. The molecule has 1 saturated carbocycles. The normalized spacial score (nSPS) is 18.1. The number of likely N-dealkylation sites (tertiary alicyclic amines) is 1. The molecule has 2 fully saturated rings. The summed E-state index contributed by atoms with van der Waals surface area (Å²) in [5.41, 5.74) is 0. The van der Waals surface area contributed by atoms with E-state index >= 15 is 0 Å². The largest absolute Gasteiger partial charge is 0.493 e. The molecule has 1 aromatic rings. The summed E-state index contributed by atoms with van der Waals surface area (Å²) in [5, 5.41) is 0. The molecule has 9 nitrogen and oxygen atoms in total. The van der Waals surface area contributed by atoms with E-state index in [0.29, 0.717) is 44.0 Å². The fraction of sp³-hybridized carbons (Fsp3) is 0.667. The lowest BCUT2D eigenvalue weighted by atomic mass is 9.95. The van der Waals surface area contributed by atoms with Crippen LogP contribution in [0.1, 0.15) is 51.9 Å². The number of methoxy groups -OCH3 is 2. The molecule has 34 heavy (non-hydrogen) atoms. The second kappa shape index (κ2) is 11.9. The zero-order valence-corrected chi connectivity index (χ0v) is 21.1. The Balaban J connectivity index is 1.79. The Morgan fingerprint density at radius 3 is 2.24 bits per heavy atom. The van der Waals surface area contributed by atoms with Crippen LogP contribution in [0.25, 0.3) is 0 Å². The van der Waals surface area contributed by atoms with Crippen molar-refractivity contribution in [3.8, 4) is 11.5 Å². The first kappa shape index (κ1) is 26.3. The number of amides is 1. The lowest BCUT2D eigenvalue weighted by Gasteiger charge is -2.36. The third-order valence-corrected chi connectivity index (χ3v) is 8.60. The summed E-state index contributed by atoms with van der Waals surface area (Å²) in [6.45, 7) is 2.72. The van der Waals surface area contributed by atoms with Crippen LogP contribution < -0.4 is 9.47 Å². The van der Waals surface area contributed by atoms with Crippen LogP contribution in [-0.2, 0) is 24.3 Å². The van der Waals surface area contributed by atoms with Crippen LogP contribution in [0.2, 0.25) is 0 Å². The van der Waals surface area contributed by atoms with Gasteiger partial charge in [-0.05, 0) is 44.7 Å². The predicted octanol–water partition coefficient (Wildman–Crippen LogP) is 2.83. The predicted molar refractivity (Wildman–Crippen MR) is 126 cm³/mol. The molecule has 0 unspecified atom stereocenters. The number of benzene rings is 1. The van der Waals surface area contributed by atoms with Gasteiger partial charge in [-0.3, -0.25) is 9.59 Å². The van der Waals surface area contributed by atoms with E-state index < -0.39 is 10.0 Å². The van der Waals surface area contributed by atoms with E-state index in [1.54, 1.807) is 17.9 Å². The summed E-state index contributed by atoms with van der Waals surface area (Å²) < 4.78 is 44.5. The Labute approximate surface area is 202 Å². The van der Waals surface area contributed by atoms with E-state index in [2.05, 4.69) is 0 Å². The monoisotopic (exact) mass is 496 g/mol. The maximum absolute atomic E-state index is 13.7.